The van der Waals surface area contributed by atoms with Crippen molar-refractivity contribution in [3.63, 3.8) is 0 Å². The fourth-order valence-corrected chi connectivity index (χ4v) is 3.96. The number of fused-ring (bicyclic) bond motifs is 1. The van der Waals surface area contributed by atoms with Gasteiger partial charge in [-0.1, -0.05) is 18.2 Å². The van der Waals surface area contributed by atoms with E-state index in [4.69, 9.17) is 0 Å². The Hall–Kier alpha value is -0.980. The van der Waals surface area contributed by atoms with Gasteiger partial charge in [0.2, 0.25) is 0 Å². The molecule has 1 N–H and O–H groups in total. The Morgan fingerprint density at radius 1 is 1.14 bits per heavy atom. The van der Waals surface area contributed by atoms with Crippen LogP contribution in [0.25, 0.3) is 10.1 Å². The number of hydrogen-bond donors (Lipinski definition) is 1. The van der Waals surface area contributed by atoms with Crippen molar-refractivity contribution in [1.29, 1.82) is 0 Å². The number of likely N-dealkylation sites (N-methyl/N-ethyl adjacent to an activating group) is 1. The van der Waals surface area contributed by atoms with Crippen molar-refractivity contribution in [3.05, 3.63) is 68.4 Å². The third-order valence-electron chi connectivity index (χ3n) is 3.55. The van der Waals surface area contributed by atoms with Gasteiger partial charge in [-0.25, -0.2) is 4.39 Å². The van der Waals surface area contributed by atoms with E-state index in [0.717, 1.165) is 16.5 Å². The predicted octanol–water partition coefficient (Wildman–Crippen LogP) is 5.15. The Morgan fingerprint density at radius 2 is 1.90 bits per heavy atom. The molecule has 1 atom stereocenters. The fourth-order valence-electron chi connectivity index (χ4n) is 2.40. The van der Waals surface area contributed by atoms with Gasteiger partial charge in [-0.15, -0.1) is 11.3 Å². The quantitative estimate of drug-likeness (QED) is 0.586. The lowest BCUT2D eigenvalue weighted by atomic mass is 10.0. The highest BCUT2D eigenvalue weighted by molar-refractivity contribution is 14.1. The van der Waals surface area contributed by atoms with E-state index in [9.17, 15) is 4.39 Å². The number of halogens is 2. The first kappa shape index (κ1) is 14.9. The summed E-state index contributed by atoms with van der Waals surface area (Å²) < 4.78 is 15.6. The van der Waals surface area contributed by atoms with Crippen LogP contribution in [-0.4, -0.2) is 7.05 Å². The van der Waals surface area contributed by atoms with Gasteiger partial charge >= 0.3 is 0 Å². The minimum atomic E-state index is -0.172. The lowest BCUT2D eigenvalue weighted by molar-refractivity contribution is 0.602. The minimum Gasteiger partial charge on any atom is -0.312 e. The molecule has 21 heavy (non-hydrogen) atoms. The zero-order valence-electron chi connectivity index (χ0n) is 11.6. The van der Waals surface area contributed by atoms with Gasteiger partial charge in [0.15, 0.2) is 0 Å². The first-order chi connectivity index (χ1) is 10.2. The molecule has 0 radical (unpaired) electrons. The first-order valence-electron chi connectivity index (χ1n) is 6.76. The minimum absolute atomic E-state index is 0.172. The highest BCUT2D eigenvalue weighted by Gasteiger charge is 2.14. The van der Waals surface area contributed by atoms with Crippen molar-refractivity contribution >= 4 is 44.0 Å². The molecule has 0 saturated heterocycles. The van der Waals surface area contributed by atoms with Crippen molar-refractivity contribution in [2.24, 2.45) is 0 Å². The number of hydrogen-bond acceptors (Lipinski definition) is 2. The average Bonchev–Trinajstić information content (AvgIpc) is 2.89. The zero-order chi connectivity index (χ0) is 14.8. The number of benzene rings is 2. The maximum Gasteiger partial charge on any atom is 0.124 e. The average molecular weight is 411 g/mol. The molecule has 3 aromatic rings. The molecule has 108 valence electrons. The SMILES string of the molecule is CNC(Cc1ccc(I)cc1)c1cc2ccc(F)cc2s1. The molecule has 4 heteroatoms. The van der Waals surface area contributed by atoms with E-state index in [-0.39, 0.29) is 11.9 Å². The van der Waals surface area contributed by atoms with Crippen LogP contribution in [0.2, 0.25) is 0 Å². The fraction of sp³-hybridized carbons (Fsp3) is 0.176. The molecular weight excluding hydrogens is 396 g/mol. The molecule has 1 unspecified atom stereocenters. The van der Waals surface area contributed by atoms with Crippen molar-refractivity contribution in [2.75, 3.05) is 7.05 Å². The molecule has 0 aliphatic rings. The third kappa shape index (κ3) is 3.44. The molecule has 1 aromatic heterocycles. The van der Waals surface area contributed by atoms with E-state index in [0.29, 0.717) is 0 Å². The Bertz CT molecular complexity index is 751. The van der Waals surface area contributed by atoms with Crippen molar-refractivity contribution < 1.29 is 4.39 Å². The zero-order valence-corrected chi connectivity index (χ0v) is 14.5. The van der Waals surface area contributed by atoms with Gasteiger partial charge in [-0.2, -0.15) is 0 Å². The Labute approximate surface area is 141 Å². The van der Waals surface area contributed by atoms with Crippen LogP contribution in [0.15, 0.2) is 48.5 Å². The molecule has 0 aliphatic carbocycles. The van der Waals surface area contributed by atoms with Gasteiger partial charge in [0.05, 0.1) is 0 Å². The summed E-state index contributed by atoms with van der Waals surface area (Å²) in [5.74, 6) is -0.172. The Morgan fingerprint density at radius 3 is 2.62 bits per heavy atom. The smallest absolute Gasteiger partial charge is 0.124 e. The maximum absolute atomic E-state index is 13.3. The van der Waals surface area contributed by atoms with Gasteiger partial charge in [-0.3, -0.25) is 0 Å². The van der Waals surface area contributed by atoms with E-state index in [1.54, 1.807) is 17.4 Å². The van der Waals surface area contributed by atoms with Crippen LogP contribution in [0.4, 0.5) is 4.39 Å². The van der Waals surface area contributed by atoms with Crippen LogP contribution in [0, 0.1) is 9.39 Å². The first-order valence-corrected chi connectivity index (χ1v) is 8.66. The third-order valence-corrected chi connectivity index (χ3v) is 5.48. The van der Waals surface area contributed by atoms with Crippen molar-refractivity contribution in [1.82, 2.24) is 5.32 Å². The van der Waals surface area contributed by atoms with Crippen LogP contribution < -0.4 is 5.32 Å². The van der Waals surface area contributed by atoms with Crippen molar-refractivity contribution in [2.45, 2.75) is 12.5 Å². The van der Waals surface area contributed by atoms with Gasteiger partial charge in [0.1, 0.15) is 5.82 Å². The van der Waals surface area contributed by atoms with Crippen LogP contribution >= 0.6 is 33.9 Å². The van der Waals surface area contributed by atoms with Crippen LogP contribution in [0.1, 0.15) is 16.5 Å². The summed E-state index contributed by atoms with van der Waals surface area (Å²) in [5, 5.41) is 4.48. The van der Waals surface area contributed by atoms with E-state index in [2.05, 4.69) is 58.2 Å². The molecule has 0 bridgehead atoms. The predicted molar refractivity (Wildman–Crippen MR) is 96.4 cm³/mol. The van der Waals surface area contributed by atoms with Crippen molar-refractivity contribution in [3.8, 4) is 0 Å². The number of rotatable bonds is 4. The lowest BCUT2D eigenvalue weighted by Crippen LogP contribution is -2.17. The largest absolute Gasteiger partial charge is 0.312 e. The molecular formula is C17H15FINS. The molecule has 0 saturated carbocycles. The summed E-state index contributed by atoms with van der Waals surface area (Å²) in [6.07, 6.45) is 0.933. The molecule has 0 spiro atoms. The van der Waals surface area contributed by atoms with Crippen LogP contribution in [0.5, 0.6) is 0 Å². The standard InChI is InChI=1S/C17H15FINS/c1-20-15(8-11-2-6-14(19)7-3-11)17-9-12-4-5-13(18)10-16(12)21-17/h2-7,9-10,15,20H,8H2,1H3. The highest BCUT2D eigenvalue weighted by atomic mass is 127. The molecule has 0 fully saturated rings. The second-order valence-electron chi connectivity index (χ2n) is 5.00. The summed E-state index contributed by atoms with van der Waals surface area (Å²) in [4.78, 5) is 1.25. The maximum atomic E-state index is 13.3. The summed E-state index contributed by atoms with van der Waals surface area (Å²) in [7, 11) is 1.97. The normalized spacial score (nSPS) is 12.7. The van der Waals surface area contributed by atoms with Gasteiger partial charge < -0.3 is 5.32 Å². The topological polar surface area (TPSA) is 12.0 Å². The van der Waals surface area contributed by atoms with E-state index in [1.807, 2.05) is 13.1 Å². The van der Waals surface area contributed by atoms with E-state index < -0.39 is 0 Å². The molecule has 2 aromatic carbocycles. The molecule has 0 aliphatic heterocycles. The molecule has 1 nitrogen and oxygen atoms in total. The van der Waals surface area contributed by atoms with E-state index in [1.165, 1.54) is 20.1 Å². The van der Waals surface area contributed by atoms with Gasteiger partial charge in [0.25, 0.3) is 0 Å². The lowest BCUT2D eigenvalue weighted by Gasteiger charge is -2.14. The highest BCUT2D eigenvalue weighted by Crippen LogP contribution is 2.32. The Kier molecular flexibility index (Phi) is 4.57. The monoisotopic (exact) mass is 411 g/mol. The molecule has 0 amide bonds. The van der Waals surface area contributed by atoms with Gasteiger partial charge in [-0.05, 0) is 77.3 Å². The Balaban J connectivity index is 1.88. The van der Waals surface area contributed by atoms with E-state index >= 15 is 0 Å². The number of thiophene rings is 1. The second kappa shape index (κ2) is 6.42. The molecule has 3 rings (SSSR count). The van der Waals surface area contributed by atoms with Crippen LogP contribution in [0.3, 0.4) is 0 Å². The summed E-state index contributed by atoms with van der Waals surface area (Å²) in [6, 6.07) is 16.0. The summed E-state index contributed by atoms with van der Waals surface area (Å²) in [6.45, 7) is 0. The van der Waals surface area contributed by atoms with Crippen LogP contribution in [-0.2, 0) is 6.42 Å². The molecule has 1 heterocycles. The summed E-state index contributed by atoms with van der Waals surface area (Å²) in [5.41, 5.74) is 1.30. The number of nitrogens with one attached hydrogen (secondary N) is 1. The second-order valence-corrected chi connectivity index (χ2v) is 7.36. The van der Waals surface area contributed by atoms with Gasteiger partial charge in [0, 0.05) is 19.2 Å². The summed E-state index contributed by atoms with van der Waals surface area (Å²) >= 11 is 3.98.